The normalized spacial score (nSPS) is 14.1. The van der Waals surface area contributed by atoms with E-state index >= 15 is 0 Å². The van der Waals surface area contributed by atoms with Crippen molar-refractivity contribution in [2.45, 2.75) is 25.7 Å². The molecule has 4 aromatic carbocycles. The summed E-state index contributed by atoms with van der Waals surface area (Å²) < 4.78 is 2.31. The van der Waals surface area contributed by atoms with Crippen LogP contribution in [0.5, 0.6) is 0 Å². The first-order chi connectivity index (χ1) is 14.4. The standard InChI is InChI=1S/C15H13Br.C13H9Br/c1-15(2)13-6-4-3-5-11(13)12-9-10(16)7-8-14(12)15;14-11-6-5-10-7-9-3-1-2-4-12(9)13(10)8-11/h3-9H,1-2H3;1-6,8H,7H2. The van der Waals surface area contributed by atoms with Gasteiger partial charge in [-0.05, 0) is 75.2 Å². The van der Waals surface area contributed by atoms with Crippen LogP contribution in [0.3, 0.4) is 0 Å². The minimum Gasteiger partial charge on any atom is -0.0619 e. The van der Waals surface area contributed by atoms with Gasteiger partial charge in [0.15, 0.2) is 0 Å². The van der Waals surface area contributed by atoms with Crippen LogP contribution in [0.4, 0.5) is 0 Å². The maximum absolute atomic E-state index is 3.55. The van der Waals surface area contributed by atoms with Crippen molar-refractivity contribution in [2.75, 3.05) is 0 Å². The number of hydrogen-bond acceptors (Lipinski definition) is 0. The van der Waals surface area contributed by atoms with Gasteiger partial charge in [0.2, 0.25) is 0 Å². The molecule has 2 aliphatic carbocycles. The fourth-order valence-corrected chi connectivity index (χ4v) is 5.51. The van der Waals surface area contributed by atoms with Gasteiger partial charge in [-0.2, -0.15) is 0 Å². The molecule has 0 bridgehead atoms. The predicted molar refractivity (Wildman–Crippen MR) is 134 cm³/mol. The zero-order chi connectivity index (χ0) is 20.9. The smallest absolute Gasteiger partial charge is 0.0181 e. The van der Waals surface area contributed by atoms with E-state index in [1.54, 1.807) is 0 Å². The maximum Gasteiger partial charge on any atom is 0.0181 e. The summed E-state index contributed by atoms with van der Waals surface area (Å²) >= 11 is 7.07. The Labute approximate surface area is 195 Å². The fraction of sp³-hybridized carbons (Fsp3) is 0.143. The Balaban J connectivity index is 0.000000130. The highest BCUT2D eigenvalue weighted by atomic mass is 79.9. The molecule has 6 rings (SSSR count). The highest BCUT2D eigenvalue weighted by Gasteiger charge is 2.34. The van der Waals surface area contributed by atoms with Crippen molar-refractivity contribution in [3.8, 4) is 22.3 Å². The first-order valence-electron chi connectivity index (χ1n) is 10.2. The molecule has 0 atom stereocenters. The second kappa shape index (κ2) is 7.51. The van der Waals surface area contributed by atoms with Gasteiger partial charge >= 0.3 is 0 Å². The third-order valence-electron chi connectivity index (χ3n) is 6.31. The lowest BCUT2D eigenvalue weighted by atomic mass is 9.82. The van der Waals surface area contributed by atoms with Gasteiger partial charge in [-0.3, -0.25) is 0 Å². The molecule has 30 heavy (non-hydrogen) atoms. The minimum atomic E-state index is 0.132. The zero-order valence-corrected chi connectivity index (χ0v) is 20.2. The molecule has 2 heteroatoms. The lowest BCUT2D eigenvalue weighted by Gasteiger charge is -2.21. The molecule has 0 heterocycles. The monoisotopic (exact) mass is 516 g/mol. The van der Waals surface area contributed by atoms with Crippen molar-refractivity contribution in [1.29, 1.82) is 0 Å². The Morgan fingerprint density at radius 1 is 0.567 bits per heavy atom. The van der Waals surface area contributed by atoms with Gasteiger partial charge in [0.1, 0.15) is 0 Å². The maximum atomic E-state index is 3.55. The molecule has 0 saturated heterocycles. The molecule has 0 aliphatic heterocycles. The van der Waals surface area contributed by atoms with Crippen LogP contribution in [0.1, 0.15) is 36.1 Å². The summed E-state index contributed by atoms with van der Waals surface area (Å²) in [5.74, 6) is 0. The Kier molecular flexibility index (Phi) is 4.95. The number of halogens is 2. The summed E-state index contributed by atoms with van der Waals surface area (Å²) in [5.41, 5.74) is 11.4. The van der Waals surface area contributed by atoms with Gasteiger partial charge in [-0.15, -0.1) is 0 Å². The molecule has 0 fully saturated rings. The van der Waals surface area contributed by atoms with Crippen molar-refractivity contribution in [2.24, 2.45) is 0 Å². The summed E-state index contributed by atoms with van der Waals surface area (Å²) in [6.07, 6.45) is 1.08. The summed E-state index contributed by atoms with van der Waals surface area (Å²) in [5, 5.41) is 0. The Morgan fingerprint density at radius 2 is 1.13 bits per heavy atom. The van der Waals surface area contributed by atoms with Crippen LogP contribution in [0.2, 0.25) is 0 Å². The van der Waals surface area contributed by atoms with Gasteiger partial charge in [0.25, 0.3) is 0 Å². The molecule has 0 N–H and O–H groups in total. The predicted octanol–water partition coefficient (Wildman–Crippen LogP) is 8.78. The SMILES string of the molecule is Brc1ccc2c(c1)-c1ccccc1C2.CC1(C)c2ccccc2-c2cc(Br)ccc21. The minimum absolute atomic E-state index is 0.132. The molecule has 0 nitrogen and oxygen atoms in total. The van der Waals surface area contributed by atoms with Crippen molar-refractivity contribution >= 4 is 31.9 Å². The van der Waals surface area contributed by atoms with E-state index in [-0.39, 0.29) is 5.41 Å². The average molecular weight is 518 g/mol. The molecule has 0 unspecified atom stereocenters. The van der Waals surface area contributed by atoms with E-state index in [4.69, 9.17) is 0 Å². The second-order valence-electron chi connectivity index (χ2n) is 8.50. The van der Waals surface area contributed by atoms with E-state index in [2.05, 4.69) is 131 Å². The van der Waals surface area contributed by atoms with Crippen LogP contribution in [0.25, 0.3) is 22.3 Å². The van der Waals surface area contributed by atoms with E-state index in [0.29, 0.717) is 0 Å². The number of benzene rings is 4. The topological polar surface area (TPSA) is 0 Å². The molecule has 0 aromatic heterocycles. The van der Waals surface area contributed by atoms with E-state index in [1.807, 2.05) is 0 Å². The molecule has 148 valence electrons. The molecule has 0 amide bonds. The van der Waals surface area contributed by atoms with Gasteiger partial charge in [-0.1, -0.05) is 106 Å². The summed E-state index contributed by atoms with van der Waals surface area (Å²) in [6.45, 7) is 4.59. The van der Waals surface area contributed by atoms with Crippen molar-refractivity contribution in [3.63, 3.8) is 0 Å². The van der Waals surface area contributed by atoms with E-state index < -0.39 is 0 Å². The lowest BCUT2D eigenvalue weighted by molar-refractivity contribution is 0.660. The van der Waals surface area contributed by atoms with Crippen LogP contribution < -0.4 is 0 Å². The summed E-state index contributed by atoms with van der Waals surface area (Å²) in [4.78, 5) is 0. The molecular formula is C28H22Br2. The largest absolute Gasteiger partial charge is 0.0619 e. The van der Waals surface area contributed by atoms with E-state index in [1.165, 1.54) is 44.5 Å². The highest BCUT2D eigenvalue weighted by molar-refractivity contribution is 9.10. The molecule has 2 aliphatic rings. The number of rotatable bonds is 0. The Morgan fingerprint density at radius 3 is 1.93 bits per heavy atom. The molecule has 0 radical (unpaired) electrons. The van der Waals surface area contributed by atoms with Crippen LogP contribution >= 0.6 is 31.9 Å². The van der Waals surface area contributed by atoms with Gasteiger partial charge in [-0.25, -0.2) is 0 Å². The number of fused-ring (bicyclic) bond motifs is 6. The van der Waals surface area contributed by atoms with Crippen LogP contribution in [-0.4, -0.2) is 0 Å². The van der Waals surface area contributed by atoms with Gasteiger partial charge < -0.3 is 0 Å². The highest BCUT2D eigenvalue weighted by Crippen LogP contribution is 2.49. The zero-order valence-electron chi connectivity index (χ0n) is 17.0. The van der Waals surface area contributed by atoms with E-state index in [9.17, 15) is 0 Å². The van der Waals surface area contributed by atoms with Gasteiger partial charge in [0.05, 0.1) is 0 Å². The van der Waals surface area contributed by atoms with Gasteiger partial charge in [0, 0.05) is 14.4 Å². The first-order valence-corrected chi connectivity index (χ1v) is 11.8. The molecule has 4 aromatic rings. The Bertz CT molecular complexity index is 1270. The summed E-state index contributed by atoms with van der Waals surface area (Å²) in [6, 6.07) is 30.5. The molecule has 0 spiro atoms. The molecule has 0 saturated carbocycles. The second-order valence-corrected chi connectivity index (χ2v) is 10.3. The van der Waals surface area contributed by atoms with Crippen molar-refractivity contribution in [1.82, 2.24) is 0 Å². The third-order valence-corrected chi connectivity index (χ3v) is 7.29. The fourth-order valence-electron chi connectivity index (χ4n) is 4.79. The first kappa shape index (κ1) is 19.8. The average Bonchev–Trinajstić information content (AvgIpc) is 3.22. The molecular weight excluding hydrogens is 496 g/mol. The summed E-state index contributed by atoms with van der Waals surface area (Å²) in [7, 11) is 0. The van der Waals surface area contributed by atoms with Crippen molar-refractivity contribution < 1.29 is 0 Å². The quantitative estimate of drug-likeness (QED) is 0.192. The van der Waals surface area contributed by atoms with Crippen LogP contribution in [0, 0.1) is 0 Å². The number of hydrogen-bond donors (Lipinski definition) is 0. The Hall–Kier alpha value is -2.16. The third kappa shape index (κ3) is 3.27. The van der Waals surface area contributed by atoms with Crippen LogP contribution in [-0.2, 0) is 11.8 Å². The van der Waals surface area contributed by atoms with E-state index in [0.717, 1.165) is 15.4 Å². The van der Waals surface area contributed by atoms with Crippen molar-refractivity contribution in [3.05, 3.63) is 116 Å². The lowest BCUT2D eigenvalue weighted by Crippen LogP contribution is -2.14. The van der Waals surface area contributed by atoms with Crippen LogP contribution in [0.15, 0.2) is 93.9 Å².